The average molecular weight is 479 g/mol. The van der Waals surface area contributed by atoms with E-state index < -0.39 is 0 Å². The van der Waals surface area contributed by atoms with Crippen molar-refractivity contribution in [2.24, 2.45) is 5.10 Å². The summed E-state index contributed by atoms with van der Waals surface area (Å²) in [7, 11) is 0. The maximum absolute atomic E-state index is 12.3. The number of hydrazone groups is 1. The summed E-state index contributed by atoms with van der Waals surface area (Å²) in [6.45, 7) is 2.03. The molecule has 1 aromatic heterocycles. The number of H-pyrrole nitrogens is 1. The number of aromatic amines is 1. The van der Waals surface area contributed by atoms with Gasteiger partial charge in [0.1, 0.15) is 11.4 Å². The third kappa shape index (κ3) is 5.79. The van der Waals surface area contributed by atoms with Crippen molar-refractivity contribution in [2.75, 3.05) is 5.75 Å². The summed E-state index contributed by atoms with van der Waals surface area (Å²) < 4.78 is 1.95. The van der Waals surface area contributed by atoms with E-state index in [2.05, 4.69) is 20.7 Å². The van der Waals surface area contributed by atoms with Crippen LogP contribution in [0, 0.1) is 6.92 Å². The molecule has 0 radical (unpaired) electrons. The number of hydrogen-bond donors (Lipinski definition) is 3. The normalized spacial score (nSPS) is 11.1. The highest BCUT2D eigenvalue weighted by Gasteiger charge is 2.24. The molecule has 3 N–H and O–H groups in total. The quantitative estimate of drug-likeness (QED) is 0.160. The second-order valence-corrected chi connectivity index (χ2v) is 8.59. The number of hydrogen-bond acceptors (Lipinski definition) is 5. The number of halogens is 1. The molecule has 0 saturated heterocycles. The summed E-state index contributed by atoms with van der Waals surface area (Å²) in [6.07, 6.45) is 1.47. The monoisotopic (exact) mass is 478 g/mol. The molecule has 1 amide bonds. The zero-order valence-electron chi connectivity index (χ0n) is 17.7. The first-order chi connectivity index (χ1) is 16.0. The highest BCUT2D eigenvalue weighted by atomic mass is 35.5. The van der Waals surface area contributed by atoms with Crippen molar-refractivity contribution >= 4 is 35.5 Å². The lowest BCUT2D eigenvalue weighted by atomic mass is 10.1. The lowest BCUT2D eigenvalue weighted by Crippen LogP contribution is -2.34. The van der Waals surface area contributed by atoms with Gasteiger partial charge in [-0.2, -0.15) is 9.67 Å². The molecule has 4 aromatic rings. The van der Waals surface area contributed by atoms with Crippen molar-refractivity contribution in [2.45, 2.75) is 12.1 Å². The number of aryl methyl sites for hydroxylation is 1. The van der Waals surface area contributed by atoms with Crippen LogP contribution in [-0.4, -0.2) is 33.2 Å². The fourth-order valence-corrected chi connectivity index (χ4v) is 3.96. The van der Waals surface area contributed by atoms with Gasteiger partial charge >= 0.3 is 5.16 Å². The van der Waals surface area contributed by atoms with Gasteiger partial charge in [0.2, 0.25) is 0 Å². The maximum atomic E-state index is 12.3. The van der Waals surface area contributed by atoms with E-state index in [0.29, 0.717) is 15.7 Å². The van der Waals surface area contributed by atoms with Crippen LogP contribution in [0.3, 0.4) is 0 Å². The predicted octanol–water partition coefficient (Wildman–Crippen LogP) is 4.26. The first-order valence-corrected chi connectivity index (χ1v) is 11.4. The number of aromatic nitrogens is 3. The maximum Gasteiger partial charge on any atom is 0.342 e. The number of aromatic hydroxyl groups is 1. The van der Waals surface area contributed by atoms with Crippen LogP contribution in [0.1, 0.15) is 11.1 Å². The number of phenolic OH excluding ortho intramolecular Hbond substituents is 1. The predicted molar refractivity (Wildman–Crippen MR) is 130 cm³/mol. The zero-order valence-corrected chi connectivity index (χ0v) is 19.3. The van der Waals surface area contributed by atoms with Gasteiger partial charge in [0.05, 0.1) is 22.6 Å². The molecule has 0 aliphatic rings. The van der Waals surface area contributed by atoms with Crippen LogP contribution in [0.15, 0.2) is 83.1 Å². The van der Waals surface area contributed by atoms with Crippen molar-refractivity contribution in [3.8, 4) is 22.8 Å². The fraction of sp³-hybridized carbons (Fsp3) is 0.0833. The molecule has 166 valence electrons. The Morgan fingerprint density at radius 3 is 2.67 bits per heavy atom. The van der Waals surface area contributed by atoms with Gasteiger partial charge in [-0.1, -0.05) is 41.4 Å². The molecule has 0 saturated carbocycles. The smallest absolute Gasteiger partial charge is 0.342 e. The molecule has 0 bridgehead atoms. The number of carbonyl (C=O) groups is 1. The number of rotatable bonds is 7. The van der Waals surface area contributed by atoms with Crippen molar-refractivity contribution in [1.82, 2.24) is 15.6 Å². The Balaban J connectivity index is 1.51. The first-order valence-electron chi connectivity index (χ1n) is 10.1. The molecule has 0 spiro atoms. The first kappa shape index (κ1) is 22.6. The molecular formula is C24H21ClN5O2S+. The molecule has 9 heteroatoms. The van der Waals surface area contributed by atoms with Gasteiger partial charge in [0.25, 0.3) is 11.7 Å². The van der Waals surface area contributed by atoms with E-state index in [1.807, 2.05) is 60.0 Å². The van der Waals surface area contributed by atoms with Gasteiger partial charge in [0, 0.05) is 5.02 Å². The molecule has 3 aromatic carbocycles. The minimum atomic E-state index is -0.279. The Kier molecular flexibility index (Phi) is 7.07. The lowest BCUT2D eigenvalue weighted by Gasteiger charge is -2.05. The molecule has 0 aliphatic heterocycles. The standard InChI is InChI=1S/C24H20ClN5O2S/c1-16-5-7-18(8-6-16)23-28-29-24(30(23)20-11-9-19(25)10-12-20)33-15-22(32)27-26-14-17-3-2-4-21(31)13-17/h2-14H,15H2,1H3,(H2,27,31,32)/p+1. The Morgan fingerprint density at radius 1 is 1.18 bits per heavy atom. The number of thioether (sulfide) groups is 1. The Labute approximate surface area is 200 Å². The van der Waals surface area contributed by atoms with E-state index in [0.717, 1.165) is 22.6 Å². The van der Waals surface area contributed by atoms with Crippen molar-refractivity contribution < 1.29 is 14.5 Å². The Hall–Kier alpha value is -3.62. The number of carbonyl (C=O) groups excluding carboxylic acids is 1. The summed E-state index contributed by atoms with van der Waals surface area (Å²) in [6, 6.07) is 22.1. The molecule has 4 rings (SSSR count). The summed E-state index contributed by atoms with van der Waals surface area (Å²) in [5.41, 5.74) is 6.17. The lowest BCUT2D eigenvalue weighted by molar-refractivity contribution is -0.625. The SMILES string of the molecule is Cc1ccc(-c2[nH]nc(SCC(=O)NN=Cc3cccc(O)c3)[n+]2-c2ccc(Cl)cc2)cc1. The third-order valence-electron chi connectivity index (χ3n) is 4.69. The van der Waals surface area contributed by atoms with Crippen LogP contribution in [0.2, 0.25) is 5.02 Å². The van der Waals surface area contributed by atoms with Gasteiger partial charge in [-0.05, 0) is 72.8 Å². The molecule has 7 nitrogen and oxygen atoms in total. The van der Waals surface area contributed by atoms with E-state index in [1.54, 1.807) is 24.3 Å². The van der Waals surface area contributed by atoms with Crippen LogP contribution >= 0.6 is 23.4 Å². The van der Waals surface area contributed by atoms with E-state index in [9.17, 15) is 9.90 Å². The second-order valence-electron chi connectivity index (χ2n) is 7.21. The van der Waals surface area contributed by atoms with Crippen LogP contribution in [0.25, 0.3) is 17.1 Å². The molecule has 1 heterocycles. The molecule has 33 heavy (non-hydrogen) atoms. The van der Waals surface area contributed by atoms with E-state index in [-0.39, 0.29) is 17.4 Å². The molecule has 0 atom stereocenters. The summed E-state index contributed by atoms with van der Waals surface area (Å²) in [5.74, 6) is 0.764. The molecular weight excluding hydrogens is 458 g/mol. The third-order valence-corrected chi connectivity index (χ3v) is 5.88. The largest absolute Gasteiger partial charge is 0.508 e. The van der Waals surface area contributed by atoms with E-state index in [4.69, 9.17) is 11.6 Å². The van der Waals surface area contributed by atoms with Crippen molar-refractivity contribution in [3.05, 3.63) is 88.9 Å². The van der Waals surface area contributed by atoms with Crippen LogP contribution in [0.5, 0.6) is 5.75 Å². The van der Waals surface area contributed by atoms with Gasteiger partial charge in [0.15, 0.2) is 0 Å². The summed E-state index contributed by atoms with van der Waals surface area (Å²) >= 11 is 7.36. The highest BCUT2D eigenvalue weighted by Crippen LogP contribution is 2.21. The fourth-order valence-electron chi connectivity index (χ4n) is 3.07. The van der Waals surface area contributed by atoms with E-state index in [1.165, 1.54) is 18.0 Å². The number of phenols is 1. The summed E-state index contributed by atoms with van der Waals surface area (Å²) in [5, 5.41) is 22.2. The average Bonchev–Trinajstić information content (AvgIpc) is 3.23. The van der Waals surface area contributed by atoms with Crippen molar-refractivity contribution in [3.63, 3.8) is 0 Å². The van der Waals surface area contributed by atoms with Crippen molar-refractivity contribution in [1.29, 1.82) is 0 Å². The van der Waals surface area contributed by atoms with Gasteiger partial charge in [-0.3, -0.25) is 4.79 Å². The second kappa shape index (κ2) is 10.3. The number of nitrogens with zero attached hydrogens (tertiary/aromatic N) is 3. The Morgan fingerprint density at radius 2 is 1.94 bits per heavy atom. The van der Waals surface area contributed by atoms with Crippen LogP contribution in [0.4, 0.5) is 0 Å². The van der Waals surface area contributed by atoms with Gasteiger partial charge in [-0.25, -0.2) is 5.43 Å². The van der Waals surface area contributed by atoms with Gasteiger partial charge in [-0.15, -0.1) is 5.10 Å². The van der Waals surface area contributed by atoms with Crippen LogP contribution < -0.4 is 9.99 Å². The van der Waals surface area contributed by atoms with E-state index >= 15 is 0 Å². The zero-order chi connectivity index (χ0) is 23.2. The van der Waals surface area contributed by atoms with Gasteiger partial charge < -0.3 is 5.11 Å². The highest BCUT2D eigenvalue weighted by molar-refractivity contribution is 7.99. The topological polar surface area (TPSA) is 94.2 Å². The number of amides is 1. The molecule has 0 unspecified atom stereocenters. The molecule has 0 aliphatic carbocycles. The van der Waals surface area contributed by atoms with Crippen LogP contribution in [-0.2, 0) is 4.79 Å². The number of nitrogens with one attached hydrogen (secondary N) is 2. The minimum Gasteiger partial charge on any atom is -0.508 e. The minimum absolute atomic E-state index is 0.114. The summed E-state index contributed by atoms with van der Waals surface area (Å²) in [4.78, 5) is 12.3. The number of benzene rings is 3. The Bertz CT molecular complexity index is 1290. The molecule has 0 fully saturated rings.